The maximum absolute atomic E-state index is 13.4. The Morgan fingerprint density at radius 1 is 1.37 bits per heavy atom. The average molecular weight is 585 g/mol. The van der Waals surface area contributed by atoms with Crippen molar-refractivity contribution in [2.24, 2.45) is 10.4 Å². The van der Waals surface area contributed by atoms with Crippen LogP contribution < -0.4 is 0 Å². The summed E-state index contributed by atoms with van der Waals surface area (Å²) in [5.41, 5.74) is 4.67. The summed E-state index contributed by atoms with van der Waals surface area (Å²) in [7, 11) is -2.12. The van der Waals surface area contributed by atoms with Crippen LogP contribution in [-0.4, -0.2) is 89.1 Å². The fourth-order valence-electron chi connectivity index (χ4n) is 5.71. The van der Waals surface area contributed by atoms with Crippen LogP contribution in [0.15, 0.2) is 59.4 Å². The van der Waals surface area contributed by atoms with Gasteiger partial charge in [-0.2, -0.15) is 0 Å². The highest BCUT2D eigenvalue weighted by Gasteiger charge is 2.46. The first-order valence-electron chi connectivity index (χ1n) is 14.6. The zero-order chi connectivity index (χ0) is 29.6. The molecule has 1 aromatic heterocycles. The van der Waals surface area contributed by atoms with Crippen molar-refractivity contribution < 1.29 is 23.4 Å². The number of aliphatic hydroxyl groups is 2. The van der Waals surface area contributed by atoms with Crippen LogP contribution in [0, 0.1) is 5.41 Å². The summed E-state index contributed by atoms with van der Waals surface area (Å²) in [6, 6.07) is 1.72. The Morgan fingerprint density at radius 2 is 2.15 bits per heavy atom. The summed E-state index contributed by atoms with van der Waals surface area (Å²) in [6.45, 7) is 6.36. The molecule has 2 atom stereocenters. The molecule has 4 rings (SSSR count). The van der Waals surface area contributed by atoms with E-state index < -0.39 is 28.6 Å². The van der Waals surface area contributed by atoms with Crippen LogP contribution in [0.5, 0.6) is 0 Å². The van der Waals surface area contributed by atoms with Gasteiger partial charge in [-0.05, 0) is 74.2 Å². The van der Waals surface area contributed by atoms with Gasteiger partial charge in [-0.25, -0.2) is 12.7 Å². The highest BCUT2D eigenvalue weighted by atomic mass is 32.2. The van der Waals surface area contributed by atoms with Gasteiger partial charge in [0, 0.05) is 49.8 Å². The van der Waals surface area contributed by atoms with E-state index in [4.69, 9.17) is 10.1 Å². The number of aromatic amines is 1. The van der Waals surface area contributed by atoms with E-state index in [9.17, 15) is 18.3 Å². The first-order chi connectivity index (χ1) is 19.6. The van der Waals surface area contributed by atoms with Crippen molar-refractivity contribution in [2.45, 2.75) is 70.4 Å². The third-order valence-corrected chi connectivity index (χ3v) is 10.4. The second-order valence-corrected chi connectivity index (χ2v) is 13.5. The molecule has 0 spiro atoms. The summed E-state index contributed by atoms with van der Waals surface area (Å²) in [5, 5.41) is 19.0. The molecule has 224 valence electrons. The predicted molar refractivity (Wildman–Crippen MR) is 163 cm³/mol. The molecule has 0 radical (unpaired) electrons. The van der Waals surface area contributed by atoms with Gasteiger partial charge < -0.3 is 20.1 Å². The van der Waals surface area contributed by atoms with E-state index in [-0.39, 0.29) is 23.8 Å². The fourth-order valence-corrected chi connectivity index (χ4v) is 7.07. The number of aliphatic imine (C=N–C) groups is 1. The number of nitrogens with one attached hydrogen (secondary N) is 1. The maximum Gasteiger partial charge on any atom is 0.254 e. The SMILES string of the molecule is C=C(CS(=O)(=O)N(C)CC1CCCN1C(=O)C(O)CO)C1(CC=C(CCCC)C2=NC=CC=Cc3[nH]ccc32)CC1. The number of hydrogen-bond acceptors (Lipinski definition) is 6. The number of aliphatic hydroxyl groups excluding tert-OH is 2. The summed E-state index contributed by atoms with van der Waals surface area (Å²) in [4.78, 5) is 22.0. The number of carbonyl (C=O) groups is 1. The van der Waals surface area contributed by atoms with E-state index in [1.807, 2.05) is 30.6 Å². The Kier molecular flexibility index (Phi) is 10.2. The third kappa shape index (κ3) is 7.35. The van der Waals surface area contributed by atoms with E-state index in [1.54, 1.807) is 0 Å². The van der Waals surface area contributed by atoms with Gasteiger partial charge in [0.25, 0.3) is 5.91 Å². The summed E-state index contributed by atoms with van der Waals surface area (Å²) < 4.78 is 28.1. The fraction of sp³-hybridized carbons (Fsp3) is 0.548. The van der Waals surface area contributed by atoms with Crippen molar-refractivity contribution in [3.8, 4) is 0 Å². The smallest absolute Gasteiger partial charge is 0.254 e. The third-order valence-electron chi connectivity index (χ3n) is 8.56. The Balaban J connectivity index is 1.45. The molecule has 1 aromatic rings. The number of hydrogen-bond donors (Lipinski definition) is 3. The Morgan fingerprint density at radius 3 is 2.85 bits per heavy atom. The van der Waals surface area contributed by atoms with Gasteiger partial charge in [0.1, 0.15) is 0 Å². The highest BCUT2D eigenvalue weighted by Crippen LogP contribution is 2.55. The molecule has 3 aliphatic rings. The molecule has 10 heteroatoms. The van der Waals surface area contributed by atoms with E-state index >= 15 is 0 Å². The average Bonchev–Trinajstić information content (AvgIpc) is 3.37. The quantitative estimate of drug-likeness (QED) is 0.287. The molecule has 1 aliphatic carbocycles. The van der Waals surface area contributed by atoms with Crippen molar-refractivity contribution in [1.82, 2.24) is 14.2 Å². The van der Waals surface area contributed by atoms with Gasteiger partial charge in [-0.15, -0.1) is 0 Å². The standard InChI is InChI=1S/C31H44N4O5S/c1-4-5-9-24(29-26-13-18-32-27(26)11-6-7-17-33-29)12-14-31(15-16-31)23(2)22-41(39,40)34(3)20-25-10-8-19-35(25)30(38)28(37)21-36/h6-7,11-13,17-18,25,28,32,36-37H,2,4-5,8-10,14-16,19-22H2,1,3H3. The number of allylic oxidation sites excluding steroid dienone is 4. The van der Waals surface area contributed by atoms with Crippen molar-refractivity contribution in [3.63, 3.8) is 0 Å². The highest BCUT2D eigenvalue weighted by molar-refractivity contribution is 7.89. The molecular formula is C31H44N4O5S. The molecule has 3 heterocycles. The first-order valence-corrected chi connectivity index (χ1v) is 16.2. The van der Waals surface area contributed by atoms with Crippen LogP contribution in [0.4, 0.5) is 0 Å². The molecule has 0 bridgehead atoms. The van der Waals surface area contributed by atoms with Crippen molar-refractivity contribution in [2.75, 3.05) is 32.5 Å². The number of carbonyl (C=O) groups excluding carboxylic acids is 1. The number of aromatic nitrogens is 1. The summed E-state index contributed by atoms with van der Waals surface area (Å²) >= 11 is 0. The van der Waals surface area contributed by atoms with Gasteiger partial charge in [0.2, 0.25) is 10.0 Å². The molecule has 1 saturated carbocycles. The van der Waals surface area contributed by atoms with Crippen molar-refractivity contribution in [1.29, 1.82) is 0 Å². The first kappa shape index (κ1) is 31.2. The van der Waals surface area contributed by atoms with Gasteiger partial charge in [-0.3, -0.25) is 9.79 Å². The van der Waals surface area contributed by atoms with Gasteiger partial charge in [-0.1, -0.05) is 37.6 Å². The van der Waals surface area contributed by atoms with Gasteiger partial charge in [0.05, 0.1) is 18.1 Å². The number of likely N-dealkylation sites (N-methyl/N-ethyl adjacent to an activating group) is 1. The zero-order valence-electron chi connectivity index (χ0n) is 24.3. The monoisotopic (exact) mass is 584 g/mol. The minimum absolute atomic E-state index is 0.141. The number of sulfonamides is 1. The van der Waals surface area contributed by atoms with Gasteiger partial charge in [0.15, 0.2) is 6.10 Å². The lowest BCUT2D eigenvalue weighted by Gasteiger charge is -2.30. The normalized spacial score (nSPS) is 20.9. The van der Waals surface area contributed by atoms with Crippen LogP contribution in [0.2, 0.25) is 0 Å². The molecule has 9 nitrogen and oxygen atoms in total. The molecule has 2 fully saturated rings. The minimum Gasteiger partial charge on any atom is -0.393 e. The Labute approximate surface area is 244 Å². The number of nitrogens with zero attached hydrogens (tertiary/aromatic N) is 3. The molecule has 2 aliphatic heterocycles. The van der Waals surface area contributed by atoms with E-state index in [1.165, 1.54) is 21.8 Å². The lowest BCUT2D eigenvalue weighted by molar-refractivity contribution is -0.143. The van der Waals surface area contributed by atoms with Crippen molar-refractivity contribution >= 4 is 27.7 Å². The topological polar surface area (TPSA) is 126 Å². The lowest BCUT2D eigenvalue weighted by atomic mass is 9.90. The van der Waals surface area contributed by atoms with Crippen LogP contribution in [0.1, 0.15) is 69.5 Å². The molecule has 2 unspecified atom stereocenters. The zero-order valence-corrected chi connectivity index (χ0v) is 25.1. The molecule has 0 aromatic carbocycles. The predicted octanol–water partition coefficient (Wildman–Crippen LogP) is 3.79. The molecule has 41 heavy (non-hydrogen) atoms. The maximum atomic E-state index is 13.4. The van der Waals surface area contributed by atoms with E-state index in [0.29, 0.717) is 19.4 Å². The summed E-state index contributed by atoms with van der Waals surface area (Å²) in [6.07, 6.45) is 17.3. The minimum atomic E-state index is -3.66. The number of H-pyrrole nitrogens is 1. The second kappa shape index (κ2) is 13.5. The van der Waals surface area contributed by atoms with Gasteiger partial charge >= 0.3 is 0 Å². The summed E-state index contributed by atoms with van der Waals surface area (Å²) in [5.74, 6) is -0.696. The van der Waals surface area contributed by atoms with Crippen LogP contribution in [-0.2, 0) is 14.8 Å². The van der Waals surface area contributed by atoms with Crippen LogP contribution in [0.25, 0.3) is 6.08 Å². The number of amides is 1. The number of likely N-dealkylation sites (tertiary alicyclic amines) is 1. The Hall–Kier alpha value is -2.79. The van der Waals surface area contributed by atoms with E-state index in [2.05, 4.69) is 30.6 Å². The molecule has 1 saturated heterocycles. The van der Waals surface area contributed by atoms with Crippen LogP contribution >= 0.6 is 0 Å². The number of rotatable bonds is 14. The number of fused-ring (bicyclic) bond motifs is 1. The van der Waals surface area contributed by atoms with E-state index in [0.717, 1.165) is 61.1 Å². The second-order valence-electron chi connectivity index (χ2n) is 11.5. The Bertz CT molecular complexity index is 1340. The molecular weight excluding hydrogens is 540 g/mol. The number of unbranched alkanes of at least 4 members (excludes halogenated alkanes) is 1. The van der Waals surface area contributed by atoms with Crippen molar-refractivity contribution in [3.05, 3.63) is 65.7 Å². The lowest BCUT2D eigenvalue weighted by Crippen LogP contribution is -2.48. The van der Waals surface area contributed by atoms with Crippen LogP contribution in [0.3, 0.4) is 0 Å². The largest absolute Gasteiger partial charge is 0.393 e. The molecule has 3 N–H and O–H groups in total. The molecule has 1 amide bonds.